The normalized spacial score (nSPS) is 11.0. The maximum absolute atomic E-state index is 12.0. The van der Waals surface area contributed by atoms with Gasteiger partial charge in [-0.25, -0.2) is 5.43 Å². The van der Waals surface area contributed by atoms with Gasteiger partial charge in [0.25, 0.3) is 5.91 Å². The molecular formula is C19H18ClN5O3S. The third kappa shape index (κ3) is 5.07. The second-order valence-corrected chi connectivity index (χ2v) is 7.23. The Hall–Kier alpha value is -3.04. The summed E-state index contributed by atoms with van der Waals surface area (Å²) in [5, 5.41) is 23.4. The van der Waals surface area contributed by atoms with Crippen LogP contribution in [0.5, 0.6) is 11.5 Å². The van der Waals surface area contributed by atoms with Crippen molar-refractivity contribution in [1.29, 1.82) is 0 Å². The average molecular weight is 432 g/mol. The van der Waals surface area contributed by atoms with Crippen LogP contribution in [-0.4, -0.2) is 44.9 Å². The number of amides is 1. The van der Waals surface area contributed by atoms with Gasteiger partial charge in [-0.15, -0.1) is 10.2 Å². The SMILES string of the molecule is COc1cccc(/C=N\NC(=O)CSc2nnc(-c3ccc(Cl)cc3)n2C)c1O. The van der Waals surface area contributed by atoms with Gasteiger partial charge < -0.3 is 14.4 Å². The van der Waals surface area contributed by atoms with Gasteiger partial charge in [0.05, 0.1) is 19.1 Å². The lowest BCUT2D eigenvalue weighted by Gasteiger charge is -2.05. The van der Waals surface area contributed by atoms with Gasteiger partial charge in [0, 0.05) is 23.2 Å². The molecule has 0 fully saturated rings. The van der Waals surface area contributed by atoms with Crippen LogP contribution in [0.3, 0.4) is 0 Å². The molecule has 2 aromatic carbocycles. The summed E-state index contributed by atoms with van der Waals surface area (Å²) in [6, 6.07) is 12.3. The molecule has 150 valence electrons. The molecule has 1 amide bonds. The molecule has 0 saturated carbocycles. The first kappa shape index (κ1) is 20.7. The number of carbonyl (C=O) groups is 1. The van der Waals surface area contributed by atoms with Crippen molar-refractivity contribution >= 4 is 35.5 Å². The summed E-state index contributed by atoms with van der Waals surface area (Å²) in [6.45, 7) is 0. The van der Waals surface area contributed by atoms with Crippen LogP contribution in [0.25, 0.3) is 11.4 Å². The fraction of sp³-hybridized carbons (Fsp3) is 0.158. The van der Waals surface area contributed by atoms with Crippen molar-refractivity contribution in [1.82, 2.24) is 20.2 Å². The first-order valence-corrected chi connectivity index (χ1v) is 9.82. The van der Waals surface area contributed by atoms with E-state index in [4.69, 9.17) is 16.3 Å². The number of ether oxygens (including phenoxy) is 1. The highest BCUT2D eigenvalue weighted by Crippen LogP contribution is 2.28. The summed E-state index contributed by atoms with van der Waals surface area (Å²) >= 11 is 7.15. The van der Waals surface area contributed by atoms with Gasteiger partial charge in [-0.05, 0) is 36.4 Å². The molecule has 3 rings (SSSR count). The summed E-state index contributed by atoms with van der Waals surface area (Å²) < 4.78 is 6.83. The number of benzene rings is 2. The van der Waals surface area contributed by atoms with Crippen molar-refractivity contribution in [3.8, 4) is 22.9 Å². The smallest absolute Gasteiger partial charge is 0.250 e. The number of phenolic OH excluding ortho intramolecular Hbond substituents is 1. The molecule has 10 heteroatoms. The fourth-order valence-electron chi connectivity index (χ4n) is 2.44. The van der Waals surface area contributed by atoms with Crippen LogP contribution in [0.15, 0.2) is 52.7 Å². The van der Waals surface area contributed by atoms with Crippen molar-refractivity contribution in [2.45, 2.75) is 5.16 Å². The zero-order valence-electron chi connectivity index (χ0n) is 15.7. The Labute approximate surface area is 176 Å². The van der Waals surface area contributed by atoms with Gasteiger partial charge in [-0.2, -0.15) is 5.10 Å². The predicted octanol–water partition coefficient (Wildman–Crippen LogP) is 3.09. The maximum Gasteiger partial charge on any atom is 0.250 e. The molecule has 0 aliphatic heterocycles. The Morgan fingerprint density at radius 2 is 2.07 bits per heavy atom. The minimum atomic E-state index is -0.315. The van der Waals surface area contributed by atoms with E-state index in [0.29, 0.717) is 27.3 Å². The number of hydrogen-bond donors (Lipinski definition) is 2. The lowest BCUT2D eigenvalue weighted by atomic mass is 10.2. The van der Waals surface area contributed by atoms with E-state index in [1.807, 2.05) is 19.2 Å². The number of nitrogens with zero attached hydrogens (tertiary/aromatic N) is 4. The minimum Gasteiger partial charge on any atom is -0.504 e. The lowest BCUT2D eigenvalue weighted by Crippen LogP contribution is -2.19. The van der Waals surface area contributed by atoms with Gasteiger partial charge in [0.2, 0.25) is 0 Å². The number of nitrogens with one attached hydrogen (secondary N) is 1. The van der Waals surface area contributed by atoms with Crippen molar-refractivity contribution in [3.05, 3.63) is 53.1 Å². The van der Waals surface area contributed by atoms with E-state index < -0.39 is 0 Å². The number of carbonyl (C=O) groups excluding carboxylic acids is 1. The molecule has 2 N–H and O–H groups in total. The molecular weight excluding hydrogens is 414 g/mol. The Morgan fingerprint density at radius 3 is 2.79 bits per heavy atom. The van der Waals surface area contributed by atoms with Gasteiger partial charge in [0.1, 0.15) is 0 Å². The van der Waals surface area contributed by atoms with E-state index in [9.17, 15) is 9.90 Å². The molecule has 0 radical (unpaired) electrons. The molecule has 0 bridgehead atoms. The fourth-order valence-corrected chi connectivity index (χ4v) is 3.26. The largest absolute Gasteiger partial charge is 0.504 e. The number of halogens is 1. The highest BCUT2D eigenvalue weighted by Gasteiger charge is 2.13. The molecule has 3 aromatic rings. The Balaban J connectivity index is 1.57. The van der Waals surface area contributed by atoms with Crippen LogP contribution in [-0.2, 0) is 11.8 Å². The topological polar surface area (TPSA) is 102 Å². The number of aromatic nitrogens is 3. The summed E-state index contributed by atoms with van der Waals surface area (Å²) in [6.07, 6.45) is 1.35. The zero-order valence-corrected chi connectivity index (χ0v) is 17.2. The second kappa shape index (κ2) is 9.44. The summed E-state index contributed by atoms with van der Waals surface area (Å²) in [5.41, 5.74) is 3.72. The van der Waals surface area contributed by atoms with Crippen molar-refractivity contribution in [3.63, 3.8) is 0 Å². The number of para-hydroxylation sites is 1. The molecule has 1 aromatic heterocycles. The van der Waals surface area contributed by atoms with Crippen molar-refractivity contribution in [2.24, 2.45) is 12.1 Å². The maximum atomic E-state index is 12.0. The average Bonchev–Trinajstić information content (AvgIpc) is 3.09. The van der Waals surface area contributed by atoms with E-state index >= 15 is 0 Å². The monoisotopic (exact) mass is 431 g/mol. The van der Waals surface area contributed by atoms with Gasteiger partial charge in [-0.3, -0.25) is 4.79 Å². The zero-order chi connectivity index (χ0) is 20.8. The third-order valence-corrected chi connectivity index (χ3v) is 5.18. The number of hydrazone groups is 1. The number of hydrogen-bond acceptors (Lipinski definition) is 7. The van der Waals surface area contributed by atoms with Gasteiger partial charge >= 0.3 is 0 Å². The van der Waals surface area contributed by atoms with Crippen LogP contribution in [0, 0.1) is 0 Å². The molecule has 29 heavy (non-hydrogen) atoms. The van der Waals surface area contributed by atoms with E-state index in [1.165, 1.54) is 25.1 Å². The first-order valence-electron chi connectivity index (χ1n) is 8.45. The highest BCUT2D eigenvalue weighted by atomic mass is 35.5. The molecule has 1 heterocycles. The molecule has 8 nitrogen and oxygen atoms in total. The molecule has 0 aliphatic rings. The number of thioether (sulfide) groups is 1. The number of rotatable bonds is 7. The number of phenols is 1. The van der Waals surface area contributed by atoms with Crippen LogP contribution in [0.2, 0.25) is 5.02 Å². The summed E-state index contributed by atoms with van der Waals surface area (Å²) in [7, 11) is 3.29. The minimum absolute atomic E-state index is 0.0452. The van der Waals surface area contributed by atoms with E-state index in [1.54, 1.807) is 34.9 Å². The first-order chi connectivity index (χ1) is 14.0. The van der Waals surface area contributed by atoms with Crippen LogP contribution in [0.1, 0.15) is 5.56 Å². The molecule has 0 unspecified atom stereocenters. The van der Waals surface area contributed by atoms with E-state index in [-0.39, 0.29) is 17.4 Å². The molecule has 0 spiro atoms. The summed E-state index contributed by atoms with van der Waals surface area (Å²) in [5.74, 6) is 0.750. The quantitative estimate of drug-likeness (QED) is 0.338. The Morgan fingerprint density at radius 1 is 1.31 bits per heavy atom. The van der Waals surface area contributed by atoms with Crippen LogP contribution in [0.4, 0.5) is 0 Å². The van der Waals surface area contributed by atoms with Gasteiger partial charge in [-0.1, -0.05) is 29.4 Å². The predicted molar refractivity (Wildman–Crippen MR) is 113 cm³/mol. The standard InChI is InChI=1S/C19H18ClN5O3S/c1-25-18(12-6-8-14(20)9-7-12)23-24-19(25)29-11-16(26)22-21-10-13-4-3-5-15(28-2)17(13)27/h3-10,27H,11H2,1-2H3,(H,22,26)/b21-10-. The van der Waals surface area contributed by atoms with Crippen LogP contribution < -0.4 is 10.2 Å². The number of aromatic hydroxyl groups is 1. The second-order valence-electron chi connectivity index (χ2n) is 5.85. The Bertz CT molecular complexity index is 1040. The molecule has 0 saturated heterocycles. The number of methoxy groups -OCH3 is 1. The Kier molecular flexibility index (Phi) is 6.73. The molecule has 0 atom stereocenters. The third-order valence-electron chi connectivity index (χ3n) is 3.91. The highest BCUT2D eigenvalue weighted by molar-refractivity contribution is 7.99. The molecule has 0 aliphatic carbocycles. The van der Waals surface area contributed by atoms with Crippen molar-refractivity contribution < 1.29 is 14.6 Å². The lowest BCUT2D eigenvalue weighted by molar-refractivity contribution is -0.118. The van der Waals surface area contributed by atoms with Crippen LogP contribution >= 0.6 is 23.4 Å². The van der Waals surface area contributed by atoms with E-state index in [0.717, 1.165) is 5.56 Å². The van der Waals surface area contributed by atoms with Gasteiger partial charge in [0.15, 0.2) is 22.5 Å². The van der Waals surface area contributed by atoms with E-state index in [2.05, 4.69) is 20.7 Å². The van der Waals surface area contributed by atoms with Crippen molar-refractivity contribution in [2.75, 3.05) is 12.9 Å². The summed E-state index contributed by atoms with van der Waals surface area (Å²) in [4.78, 5) is 12.0.